The molecule has 0 heterocycles. The van der Waals surface area contributed by atoms with E-state index in [0.717, 1.165) is 17.7 Å². The van der Waals surface area contributed by atoms with Crippen molar-refractivity contribution in [1.29, 1.82) is 0 Å². The molecule has 0 aromatic heterocycles. The second kappa shape index (κ2) is 6.57. The Bertz CT molecular complexity index is 470. The Morgan fingerprint density at radius 2 is 1.95 bits per heavy atom. The lowest BCUT2D eigenvalue weighted by Crippen LogP contribution is -2.34. The lowest BCUT2D eigenvalue weighted by atomic mass is 9.95. The van der Waals surface area contributed by atoms with Gasteiger partial charge >= 0.3 is 0 Å². The van der Waals surface area contributed by atoms with E-state index in [-0.39, 0.29) is 12.5 Å². The number of nitrogens with two attached hydrogens (primary N) is 1. The Morgan fingerprint density at radius 3 is 2.47 bits per heavy atom. The Morgan fingerprint density at radius 1 is 1.32 bits per heavy atom. The van der Waals surface area contributed by atoms with E-state index in [1.54, 1.807) is 19.1 Å². The molecule has 4 heteroatoms. The Labute approximate surface area is 115 Å². The Hall–Kier alpha value is -1.55. The first-order valence-electron chi connectivity index (χ1n) is 6.50. The fourth-order valence-electron chi connectivity index (χ4n) is 2.26. The Kier molecular flexibility index (Phi) is 5.36. The predicted octanol–water partition coefficient (Wildman–Crippen LogP) is 1.58. The number of benzene rings is 1. The van der Waals surface area contributed by atoms with Gasteiger partial charge in [0.25, 0.3) is 0 Å². The average Bonchev–Trinajstić information content (AvgIpc) is 2.41. The molecule has 0 aliphatic rings. The van der Waals surface area contributed by atoms with Crippen LogP contribution in [0.4, 0.5) is 0 Å². The summed E-state index contributed by atoms with van der Waals surface area (Å²) in [4.78, 5) is 13.1. The third-order valence-electron chi connectivity index (χ3n) is 3.73. The standard InChI is InChI=1S/C15H24N2O2/c1-10-8-14(19-5)12(3)11(2)13(10)6-7-17(4)15(18)9-16/h8H,6-7,9,16H2,1-5H3. The van der Waals surface area contributed by atoms with E-state index in [1.165, 1.54) is 16.7 Å². The highest BCUT2D eigenvalue weighted by atomic mass is 16.5. The van der Waals surface area contributed by atoms with Gasteiger partial charge in [-0.15, -0.1) is 0 Å². The zero-order valence-electron chi connectivity index (χ0n) is 12.5. The molecule has 0 radical (unpaired) electrons. The first-order valence-corrected chi connectivity index (χ1v) is 6.50. The number of carbonyl (C=O) groups is 1. The van der Waals surface area contributed by atoms with Crippen molar-refractivity contribution in [3.8, 4) is 5.75 Å². The van der Waals surface area contributed by atoms with Gasteiger partial charge < -0.3 is 15.4 Å². The third-order valence-corrected chi connectivity index (χ3v) is 3.73. The van der Waals surface area contributed by atoms with Gasteiger partial charge in [-0.25, -0.2) is 0 Å². The fourth-order valence-corrected chi connectivity index (χ4v) is 2.26. The van der Waals surface area contributed by atoms with Crippen LogP contribution in [0.15, 0.2) is 6.07 Å². The highest BCUT2D eigenvalue weighted by Gasteiger charge is 2.12. The smallest absolute Gasteiger partial charge is 0.236 e. The van der Waals surface area contributed by atoms with E-state index in [1.807, 2.05) is 0 Å². The van der Waals surface area contributed by atoms with Crippen LogP contribution in [0.5, 0.6) is 5.75 Å². The topological polar surface area (TPSA) is 55.6 Å². The van der Waals surface area contributed by atoms with Crippen LogP contribution in [-0.4, -0.2) is 38.1 Å². The van der Waals surface area contributed by atoms with E-state index in [2.05, 4.69) is 26.8 Å². The molecule has 0 bridgehead atoms. The minimum Gasteiger partial charge on any atom is -0.496 e. The highest BCUT2D eigenvalue weighted by Crippen LogP contribution is 2.27. The summed E-state index contributed by atoms with van der Waals surface area (Å²) in [6.45, 7) is 6.99. The van der Waals surface area contributed by atoms with Crippen molar-refractivity contribution < 1.29 is 9.53 Å². The molecule has 1 aromatic rings. The zero-order valence-corrected chi connectivity index (χ0v) is 12.5. The van der Waals surface area contributed by atoms with Crippen LogP contribution in [0.3, 0.4) is 0 Å². The van der Waals surface area contributed by atoms with Crippen molar-refractivity contribution in [2.45, 2.75) is 27.2 Å². The van der Waals surface area contributed by atoms with Gasteiger partial charge in [0.2, 0.25) is 5.91 Å². The summed E-state index contributed by atoms with van der Waals surface area (Å²) in [6.07, 6.45) is 0.838. The molecule has 106 valence electrons. The van der Waals surface area contributed by atoms with Gasteiger partial charge in [0, 0.05) is 13.6 Å². The maximum Gasteiger partial charge on any atom is 0.236 e. The van der Waals surface area contributed by atoms with Gasteiger partial charge in [0.1, 0.15) is 5.75 Å². The van der Waals surface area contributed by atoms with Gasteiger partial charge in [-0.2, -0.15) is 0 Å². The molecule has 0 aliphatic carbocycles. The summed E-state index contributed by atoms with van der Waals surface area (Å²) in [5.74, 6) is 0.894. The monoisotopic (exact) mass is 264 g/mol. The van der Waals surface area contributed by atoms with E-state index < -0.39 is 0 Å². The summed E-state index contributed by atoms with van der Waals surface area (Å²) in [7, 11) is 3.48. The molecule has 0 unspecified atom stereocenters. The number of ether oxygens (including phenoxy) is 1. The summed E-state index contributed by atoms with van der Waals surface area (Å²) in [6, 6.07) is 2.06. The normalized spacial score (nSPS) is 10.4. The maximum atomic E-state index is 11.5. The maximum absolute atomic E-state index is 11.5. The van der Waals surface area contributed by atoms with Crippen LogP contribution in [0.1, 0.15) is 22.3 Å². The van der Waals surface area contributed by atoms with Crippen LogP contribution in [0.25, 0.3) is 0 Å². The number of nitrogens with zero attached hydrogens (tertiary/aromatic N) is 1. The number of aryl methyl sites for hydroxylation is 1. The van der Waals surface area contributed by atoms with Crippen LogP contribution in [0.2, 0.25) is 0 Å². The second-order valence-corrected chi connectivity index (χ2v) is 4.89. The molecule has 0 spiro atoms. The number of rotatable bonds is 5. The second-order valence-electron chi connectivity index (χ2n) is 4.89. The Balaban J connectivity index is 2.90. The van der Waals surface area contributed by atoms with Crippen LogP contribution in [-0.2, 0) is 11.2 Å². The molecule has 1 rings (SSSR count). The van der Waals surface area contributed by atoms with E-state index >= 15 is 0 Å². The molecule has 0 saturated carbocycles. The van der Waals surface area contributed by atoms with Gasteiger partial charge in [0.05, 0.1) is 13.7 Å². The molecule has 0 aliphatic heterocycles. The minimum absolute atomic E-state index is 0.0273. The van der Waals surface area contributed by atoms with Crippen LogP contribution >= 0.6 is 0 Å². The number of likely N-dealkylation sites (N-methyl/N-ethyl adjacent to an activating group) is 1. The first kappa shape index (κ1) is 15.5. The van der Waals surface area contributed by atoms with E-state index in [4.69, 9.17) is 10.5 Å². The molecule has 2 N–H and O–H groups in total. The van der Waals surface area contributed by atoms with E-state index in [0.29, 0.717) is 6.54 Å². The van der Waals surface area contributed by atoms with Crippen molar-refractivity contribution in [3.05, 3.63) is 28.3 Å². The van der Waals surface area contributed by atoms with Crippen LogP contribution in [0, 0.1) is 20.8 Å². The molecule has 4 nitrogen and oxygen atoms in total. The number of hydrogen-bond acceptors (Lipinski definition) is 3. The van der Waals surface area contributed by atoms with Gasteiger partial charge in [-0.1, -0.05) is 0 Å². The summed E-state index contributed by atoms with van der Waals surface area (Å²) < 4.78 is 5.36. The summed E-state index contributed by atoms with van der Waals surface area (Å²) in [5.41, 5.74) is 10.2. The predicted molar refractivity (Wildman–Crippen MR) is 77.6 cm³/mol. The quantitative estimate of drug-likeness (QED) is 0.878. The molecule has 0 atom stereocenters. The van der Waals surface area contributed by atoms with Gasteiger partial charge in [0.15, 0.2) is 0 Å². The lowest BCUT2D eigenvalue weighted by Gasteiger charge is -2.20. The molecular formula is C15H24N2O2. The number of methoxy groups -OCH3 is 1. The minimum atomic E-state index is -0.0273. The van der Waals surface area contributed by atoms with E-state index in [9.17, 15) is 4.79 Å². The first-order chi connectivity index (χ1) is 8.92. The van der Waals surface area contributed by atoms with Crippen molar-refractivity contribution in [2.75, 3.05) is 27.2 Å². The fraction of sp³-hybridized carbons (Fsp3) is 0.533. The number of amides is 1. The van der Waals surface area contributed by atoms with Crippen molar-refractivity contribution in [3.63, 3.8) is 0 Å². The number of hydrogen-bond donors (Lipinski definition) is 1. The number of carbonyl (C=O) groups excluding carboxylic acids is 1. The van der Waals surface area contributed by atoms with Crippen molar-refractivity contribution in [1.82, 2.24) is 4.90 Å². The summed E-state index contributed by atoms with van der Waals surface area (Å²) in [5, 5.41) is 0. The van der Waals surface area contributed by atoms with Gasteiger partial charge in [-0.3, -0.25) is 4.79 Å². The molecule has 0 saturated heterocycles. The highest BCUT2D eigenvalue weighted by molar-refractivity contribution is 5.77. The molecule has 1 aromatic carbocycles. The lowest BCUT2D eigenvalue weighted by molar-refractivity contribution is -0.128. The summed E-state index contributed by atoms with van der Waals surface area (Å²) >= 11 is 0. The van der Waals surface area contributed by atoms with Crippen LogP contribution < -0.4 is 10.5 Å². The average molecular weight is 264 g/mol. The zero-order chi connectivity index (χ0) is 14.6. The van der Waals surface area contributed by atoms with Crippen molar-refractivity contribution in [2.24, 2.45) is 5.73 Å². The van der Waals surface area contributed by atoms with Gasteiger partial charge in [-0.05, 0) is 55.5 Å². The third kappa shape index (κ3) is 3.47. The molecule has 19 heavy (non-hydrogen) atoms. The van der Waals surface area contributed by atoms with Crippen molar-refractivity contribution >= 4 is 5.91 Å². The largest absolute Gasteiger partial charge is 0.496 e. The molecule has 0 fully saturated rings. The molecular weight excluding hydrogens is 240 g/mol. The molecule has 1 amide bonds. The SMILES string of the molecule is COc1cc(C)c(CCN(C)C(=O)CN)c(C)c1C.